The van der Waals surface area contributed by atoms with Crippen molar-refractivity contribution in [1.29, 1.82) is 0 Å². The van der Waals surface area contributed by atoms with Gasteiger partial charge in [0, 0.05) is 17.3 Å². The number of ketones is 1. The van der Waals surface area contributed by atoms with Gasteiger partial charge in [0.1, 0.15) is 6.29 Å². The second-order valence-corrected chi connectivity index (χ2v) is 9.41. The quantitative estimate of drug-likeness (QED) is 0.490. The summed E-state index contributed by atoms with van der Waals surface area (Å²) >= 11 is 0. The fourth-order valence-corrected chi connectivity index (χ4v) is 7.38. The van der Waals surface area contributed by atoms with Gasteiger partial charge in [-0.25, -0.2) is 0 Å². The van der Waals surface area contributed by atoms with Crippen molar-refractivity contribution in [2.45, 2.75) is 64.3 Å². The lowest BCUT2D eigenvalue weighted by atomic mass is 9.39. The molecule has 9 atom stereocenters. The maximum Gasteiger partial charge on any atom is 0.170 e. The molecule has 0 aromatic carbocycles. The summed E-state index contributed by atoms with van der Waals surface area (Å²) in [6.07, 6.45) is 1.12. The molecule has 5 nitrogen and oxygen atoms in total. The molecule has 4 saturated carbocycles. The van der Waals surface area contributed by atoms with Crippen molar-refractivity contribution >= 4 is 12.1 Å². The lowest BCUT2D eigenvalue weighted by Gasteiger charge is -2.65. The van der Waals surface area contributed by atoms with E-state index in [4.69, 9.17) is 0 Å². The number of carbonyl (C=O) groups excluding carboxylic acids is 2. The van der Waals surface area contributed by atoms with Crippen LogP contribution < -0.4 is 0 Å². The van der Waals surface area contributed by atoms with Crippen molar-refractivity contribution in [3.05, 3.63) is 12.2 Å². The Morgan fingerprint density at radius 1 is 1.16 bits per heavy atom. The van der Waals surface area contributed by atoms with Gasteiger partial charge in [0.25, 0.3) is 0 Å². The maximum atomic E-state index is 13.2. The van der Waals surface area contributed by atoms with Crippen LogP contribution in [-0.2, 0) is 9.59 Å². The Bertz CT molecular complexity index is 658. The number of hydrogen-bond acceptors (Lipinski definition) is 5. The number of hydrogen-bond donors (Lipinski definition) is 3. The fourth-order valence-electron chi connectivity index (χ4n) is 7.38. The molecule has 0 heterocycles. The second kappa shape index (κ2) is 5.02. The number of aliphatic hydroxyl groups is 3. The van der Waals surface area contributed by atoms with Crippen LogP contribution in [0.25, 0.3) is 0 Å². The SMILES string of the molecule is C=C1C(=O)[C@@]23[C@H](O)C[C@H]4[C@@](C)(CCC[C@]4(C)C=O)[C@@H]2[C@@H](O)C[C@@H]1[C@H]3O. The van der Waals surface area contributed by atoms with Crippen LogP contribution in [0.2, 0.25) is 0 Å². The smallest absolute Gasteiger partial charge is 0.170 e. The summed E-state index contributed by atoms with van der Waals surface area (Å²) in [4.78, 5) is 25.0. The number of carbonyl (C=O) groups is 2. The molecule has 0 aromatic rings. The molecule has 0 radical (unpaired) electrons. The number of aliphatic hydroxyl groups excluding tert-OH is 3. The first-order valence-electron chi connectivity index (χ1n) is 9.38. The molecule has 4 aliphatic rings. The van der Waals surface area contributed by atoms with Gasteiger partial charge in [-0.05, 0) is 42.6 Å². The van der Waals surface area contributed by atoms with E-state index < -0.39 is 46.4 Å². The Balaban J connectivity index is 1.92. The van der Waals surface area contributed by atoms with Crippen LogP contribution in [-0.4, -0.2) is 45.7 Å². The lowest BCUT2D eigenvalue weighted by molar-refractivity contribution is -0.249. The summed E-state index contributed by atoms with van der Waals surface area (Å²) in [6, 6.07) is 0. The molecule has 0 unspecified atom stereocenters. The van der Waals surface area contributed by atoms with E-state index in [-0.39, 0.29) is 11.7 Å². The highest BCUT2D eigenvalue weighted by atomic mass is 16.3. The third-order valence-electron chi connectivity index (χ3n) is 8.41. The van der Waals surface area contributed by atoms with Gasteiger partial charge in [-0.1, -0.05) is 26.8 Å². The van der Waals surface area contributed by atoms with Crippen LogP contribution >= 0.6 is 0 Å². The Morgan fingerprint density at radius 2 is 1.84 bits per heavy atom. The maximum absolute atomic E-state index is 13.2. The zero-order valence-electron chi connectivity index (χ0n) is 14.9. The molecule has 0 aromatic heterocycles. The summed E-state index contributed by atoms with van der Waals surface area (Å²) in [5, 5.41) is 33.1. The minimum Gasteiger partial charge on any atom is -0.393 e. The fraction of sp³-hybridized carbons (Fsp3) is 0.800. The zero-order chi connectivity index (χ0) is 18.4. The van der Waals surface area contributed by atoms with Crippen molar-refractivity contribution in [2.75, 3.05) is 0 Å². The van der Waals surface area contributed by atoms with E-state index in [1.54, 1.807) is 0 Å². The van der Waals surface area contributed by atoms with E-state index in [2.05, 4.69) is 6.58 Å². The summed E-state index contributed by atoms with van der Waals surface area (Å²) < 4.78 is 0. The minimum atomic E-state index is -1.37. The largest absolute Gasteiger partial charge is 0.393 e. The Kier molecular flexibility index (Phi) is 3.49. The van der Waals surface area contributed by atoms with Crippen molar-refractivity contribution in [1.82, 2.24) is 0 Å². The van der Waals surface area contributed by atoms with E-state index in [9.17, 15) is 24.9 Å². The molecule has 4 fully saturated rings. The van der Waals surface area contributed by atoms with Gasteiger partial charge in [0.15, 0.2) is 5.78 Å². The normalized spacial score (nSPS) is 57.8. The van der Waals surface area contributed by atoms with Crippen LogP contribution in [0.4, 0.5) is 0 Å². The molecule has 138 valence electrons. The molecule has 0 aliphatic heterocycles. The van der Waals surface area contributed by atoms with Crippen LogP contribution in [0.5, 0.6) is 0 Å². The second-order valence-electron chi connectivity index (χ2n) is 9.41. The van der Waals surface area contributed by atoms with Gasteiger partial charge in [-0.15, -0.1) is 0 Å². The van der Waals surface area contributed by atoms with Crippen LogP contribution in [0.3, 0.4) is 0 Å². The van der Waals surface area contributed by atoms with Crippen LogP contribution in [0, 0.1) is 34.0 Å². The summed E-state index contributed by atoms with van der Waals surface area (Å²) in [6.45, 7) is 7.84. The van der Waals surface area contributed by atoms with Gasteiger partial charge in [-0.2, -0.15) is 0 Å². The molecule has 4 rings (SSSR count). The topological polar surface area (TPSA) is 94.8 Å². The van der Waals surface area contributed by atoms with E-state index >= 15 is 0 Å². The number of fused-ring (bicyclic) bond motifs is 3. The third-order valence-corrected chi connectivity index (χ3v) is 8.41. The average Bonchev–Trinajstić information content (AvgIpc) is 2.68. The standard InChI is InChI=1S/C20H28O5/c1-10-11-7-12(22)15-19(3)6-4-5-18(2,9-21)13(19)8-14(23)20(15,16(10)24)17(11)25/h9,11-15,17,22-23,25H,1,4-8H2,2-3H3/t11-,12-,13+,14+,15-,17+,18+,19+,20+/m0/s1. The monoisotopic (exact) mass is 348 g/mol. The predicted molar refractivity (Wildman–Crippen MR) is 90.4 cm³/mol. The highest BCUT2D eigenvalue weighted by molar-refractivity contribution is 6.04. The molecule has 5 heteroatoms. The Morgan fingerprint density at radius 3 is 2.48 bits per heavy atom. The third kappa shape index (κ3) is 1.75. The first kappa shape index (κ1) is 17.4. The van der Waals surface area contributed by atoms with E-state index in [1.165, 1.54) is 0 Å². The molecule has 4 aliphatic carbocycles. The van der Waals surface area contributed by atoms with Crippen LogP contribution in [0.1, 0.15) is 46.0 Å². The lowest BCUT2D eigenvalue weighted by Crippen LogP contribution is -2.70. The molecule has 0 saturated heterocycles. The molecular formula is C20H28O5. The summed E-state index contributed by atoms with van der Waals surface area (Å²) in [5.74, 6) is -1.42. The molecule has 0 amide bonds. The van der Waals surface area contributed by atoms with Gasteiger partial charge in [0.2, 0.25) is 0 Å². The minimum absolute atomic E-state index is 0.114. The van der Waals surface area contributed by atoms with Gasteiger partial charge in [-0.3, -0.25) is 4.79 Å². The molecule has 2 bridgehead atoms. The average molecular weight is 348 g/mol. The first-order valence-corrected chi connectivity index (χ1v) is 9.38. The van der Waals surface area contributed by atoms with Crippen molar-refractivity contribution in [3.63, 3.8) is 0 Å². The predicted octanol–water partition coefficient (Wildman–Crippen LogP) is 1.25. The molecule has 1 spiro atoms. The van der Waals surface area contributed by atoms with E-state index in [1.807, 2.05) is 13.8 Å². The number of aldehydes is 1. The van der Waals surface area contributed by atoms with Crippen molar-refractivity contribution in [3.8, 4) is 0 Å². The van der Waals surface area contributed by atoms with Crippen LogP contribution in [0.15, 0.2) is 12.2 Å². The molecular weight excluding hydrogens is 320 g/mol. The Hall–Kier alpha value is -1.04. The molecule has 3 N–H and O–H groups in total. The number of rotatable bonds is 1. The summed E-state index contributed by atoms with van der Waals surface area (Å²) in [7, 11) is 0. The van der Waals surface area contributed by atoms with Gasteiger partial charge in [0.05, 0.1) is 23.7 Å². The summed E-state index contributed by atoms with van der Waals surface area (Å²) in [5.41, 5.74) is -2.08. The molecule has 25 heavy (non-hydrogen) atoms. The zero-order valence-corrected chi connectivity index (χ0v) is 14.9. The van der Waals surface area contributed by atoms with Gasteiger partial charge >= 0.3 is 0 Å². The highest BCUT2D eigenvalue weighted by Gasteiger charge is 2.76. The van der Waals surface area contributed by atoms with Crippen molar-refractivity contribution in [2.24, 2.45) is 34.0 Å². The van der Waals surface area contributed by atoms with Gasteiger partial charge < -0.3 is 20.1 Å². The number of Topliss-reactive ketones (excluding diaryl/α,β-unsaturated/α-hetero) is 1. The first-order chi connectivity index (χ1) is 11.6. The highest BCUT2D eigenvalue weighted by Crippen LogP contribution is 2.70. The van der Waals surface area contributed by atoms with E-state index in [0.29, 0.717) is 18.4 Å². The van der Waals surface area contributed by atoms with Crippen molar-refractivity contribution < 1.29 is 24.9 Å². The van der Waals surface area contributed by atoms with E-state index in [0.717, 1.165) is 25.5 Å². The Labute approximate surface area is 148 Å².